The Labute approximate surface area is 73.2 Å². The Kier molecular flexibility index (Phi) is 3.77. The first-order valence-corrected chi connectivity index (χ1v) is 4.58. The van der Waals surface area contributed by atoms with Crippen molar-refractivity contribution in [3.63, 3.8) is 0 Å². The van der Waals surface area contributed by atoms with Gasteiger partial charge < -0.3 is 5.43 Å². The predicted molar refractivity (Wildman–Crippen MR) is 49.2 cm³/mol. The van der Waals surface area contributed by atoms with Gasteiger partial charge in [0.15, 0.2) is 5.78 Å². The fourth-order valence-electron chi connectivity index (χ4n) is 1.47. The molecule has 0 saturated heterocycles. The van der Waals surface area contributed by atoms with Gasteiger partial charge in [-0.3, -0.25) is 4.79 Å². The van der Waals surface area contributed by atoms with Crippen LogP contribution < -0.4 is 5.43 Å². The number of carbonyl (C=O) groups excluding carboxylic acids is 1. The standard InChI is InChI=1S/C9H16N2O/c1-8(12)7-10-11-9-5-3-2-4-6-9/h7,9,11H,2-6H2,1H3/b10-7+. The maximum atomic E-state index is 10.5. The highest BCUT2D eigenvalue weighted by Crippen LogP contribution is 2.16. The maximum absolute atomic E-state index is 10.5. The molecule has 0 aliphatic heterocycles. The van der Waals surface area contributed by atoms with Crippen LogP contribution in [0.25, 0.3) is 0 Å². The van der Waals surface area contributed by atoms with Crippen molar-refractivity contribution in [1.29, 1.82) is 0 Å². The molecule has 0 amide bonds. The second-order valence-corrected chi connectivity index (χ2v) is 3.33. The lowest BCUT2D eigenvalue weighted by molar-refractivity contribution is -0.110. The van der Waals surface area contributed by atoms with Crippen LogP contribution in [0.15, 0.2) is 5.10 Å². The predicted octanol–water partition coefficient (Wildman–Crippen LogP) is 1.48. The van der Waals surface area contributed by atoms with E-state index in [-0.39, 0.29) is 5.78 Å². The number of hydrogen-bond donors (Lipinski definition) is 1. The molecular formula is C9H16N2O. The molecule has 0 bridgehead atoms. The van der Waals surface area contributed by atoms with Crippen molar-refractivity contribution in [1.82, 2.24) is 5.43 Å². The third-order valence-electron chi connectivity index (χ3n) is 2.11. The van der Waals surface area contributed by atoms with Gasteiger partial charge in [-0.2, -0.15) is 5.10 Å². The zero-order valence-corrected chi connectivity index (χ0v) is 7.55. The van der Waals surface area contributed by atoms with E-state index in [1.165, 1.54) is 45.2 Å². The molecule has 0 aromatic carbocycles. The molecule has 12 heavy (non-hydrogen) atoms. The molecule has 0 atom stereocenters. The first-order valence-electron chi connectivity index (χ1n) is 4.58. The Morgan fingerprint density at radius 1 is 1.42 bits per heavy atom. The summed E-state index contributed by atoms with van der Waals surface area (Å²) in [7, 11) is 0. The molecule has 1 rings (SSSR count). The minimum Gasteiger partial charge on any atom is -0.307 e. The topological polar surface area (TPSA) is 41.5 Å². The summed E-state index contributed by atoms with van der Waals surface area (Å²) < 4.78 is 0. The van der Waals surface area contributed by atoms with Gasteiger partial charge in [0.2, 0.25) is 0 Å². The smallest absolute Gasteiger partial charge is 0.172 e. The summed E-state index contributed by atoms with van der Waals surface area (Å²) in [5.41, 5.74) is 3.00. The summed E-state index contributed by atoms with van der Waals surface area (Å²) in [6, 6.07) is 0.495. The highest BCUT2D eigenvalue weighted by molar-refractivity contribution is 6.26. The third kappa shape index (κ3) is 3.51. The zero-order valence-electron chi connectivity index (χ0n) is 7.55. The van der Waals surface area contributed by atoms with Crippen molar-refractivity contribution in [2.24, 2.45) is 5.10 Å². The molecule has 1 saturated carbocycles. The Balaban J connectivity index is 2.17. The molecular weight excluding hydrogens is 152 g/mol. The lowest BCUT2D eigenvalue weighted by Crippen LogP contribution is -2.27. The van der Waals surface area contributed by atoms with E-state index in [4.69, 9.17) is 0 Å². The SMILES string of the molecule is CC(=O)/C=N/NC1CCCCC1. The van der Waals surface area contributed by atoms with E-state index in [1.807, 2.05) is 0 Å². The van der Waals surface area contributed by atoms with E-state index >= 15 is 0 Å². The van der Waals surface area contributed by atoms with Gasteiger partial charge in [-0.15, -0.1) is 0 Å². The summed E-state index contributed by atoms with van der Waals surface area (Å²) in [5, 5.41) is 3.87. The highest BCUT2D eigenvalue weighted by Gasteiger charge is 2.11. The van der Waals surface area contributed by atoms with Crippen molar-refractivity contribution in [3.8, 4) is 0 Å². The average molecular weight is 168 g/mol. The van der Waals surface area contributed by atoms with E-state index in [2.05, 4.69) is 10.5 Å². The molecule has 3 heteroatoms. The number of rotatable bonds is 3. The third-order valence-corrected chi connectivity index (χ3v) is 2.11. The lowest BCUT2D eigenvalue weighted by Gasteiger charge is -2.20. The fraction of sp³-hybridized carbons (Fsp3) is 0.778. The van der Waals surface area contributed by atoms with Gasteiger partial charge in [-0.05, 0) is 12.8 Å². The first-order chi connectivity index (χ1) is 5.79. The molecule has 0 unspecified atom stereocenters. The monoisotopic (exact) mass is 168 g/mol. The Morgan fingerprint density at radius 3 is 2.67 bits per heavy atom. The van der Waals surface area contributed by atoms with Crippen molar-refractivity contribution in [2.45, 2.75) is 45.1 Å². The lowest BCUT2D eigenvalue weighted by atomic mass is 9.96. The molecule has 1 N–H and O–H groups in total. The summed E-state index contributed by atoms with van der Waals surface area (Å²) in [6.45, 7) is 1.51. The van der Waals surface area contributed by atoms with Gasteiger partial charge >= 0.3 is 0 Å². The fourth-order valence-corrected chi connectivity index (χ4v) is 1.47. The quantitative estimate of drug-likeness (QED) is 0.512. The summed E-state index contributed by atoms with van der Waals surface area (Å²) >= 11 is 0. The van der Waals surface area contributed by atoms with Crippen LogP contribution in [0.5, 0.6) is 0 Å². The molecule has 0 spiro atoms. The van der Waals surface area contributed by atoms with Crippen LogP contribution in [0.4, 0.5) is 0 Å². The number of carbonyl (C=O) groups is 1. The second kappa shape index (κ2) is 4.91. The number of hydrazone groups is 1. The van der Waals surface area contributed by atoms with E-state index in [0.29, 0.717) is 6.04 Å². The van der Waals surface area contributed by atoms with Crippen LogP contribution in [-0.4, -0.2) is 18.0 Å². The van der Waals surface area contributed by atoms with Gasteiger partial charge in [0.05, 0.1) is 6.21 Å². The Morgan fingerprint density at radius 2 is 2.08 bits per heavy atom. The number of hydrogen-bond acceptors (Lipinski definition) is 3. The van der Waals surface area contributed by atoms with E-state index in [1.54, 1.807) is 0 Å². The number of nitrogens with one attached hydrogen (secondary N) is 1. The average Bonchev–Trinajstić information content (AvgIpc) is 2.05. The molecule has 1 fully saturated rings. The van der Waals surface area contributed by atoms with Crippen molar-refractivity contribution < 1.29 is 4.79 Å². The molecule has 0 aromatic rings. The molecule has 0 aromatic heterocycles. The highest BCUT2D eigenvalue weighted by atomic mass is 16.1. The van der Waals surface area contributed by atoms with Crippen LogP contribution in [0.2, 0.25) is 0 Å². The normalized spacial score (nSPS) is 19.8. The van der Waals surface area contributed by atoms with Crippen LogP contribution in [0.1, 0.15) is 39.0 Å². The van der Waals surface area contributed by atoms with Crippen LogP contribution >= 0.6 is 0 Å². The van der Waals surface area contributed by atoms with Crippen molar-refractivity contribution in [2.75, 3.05) is 0 Å². The first kappa shape index (κ1) is 9.23. The number of Topliss-reactive ketones (excluding diaryl/α,β-unsaturated/α-hetero) is 1. The van der Waals surface area contributed by atoms with E-state index in [9.17, 15) is 4.79 Å². The molecule has 3 nitrogen and oxygen atoms in total. The van der Waals surface area contributed by atoms with Gasteiger partial charge in [0.25, 0.3) is 0 Å². The summed E-state index contributed by atoms with van der Waals surface area (Å²) in [6.07, 6.45) is 7.63. The van der Waals surface area contributed by atoms with Crippen LogP contribution in [0, 0.1) is 0 Å². The van der Waals surface area contributed by atoms with Crippen LogP contribution in [0.3, 0.4) is 0 Å². The molecule has 0 radical (unpaired) electrons. The number of nitrogens with zero attached hydrogens (tertiary/aromatic N) is 1. The molecule has 0 heterocycles. The van der Waals surface area contributed by atoms with E-state index in [0.717, 1.165) is 0 Å². The van der Waals surface area contributed by atoms with Crippen LogP contribution in [-0.2, 0) is 4.79 Å². The Hall–Kier alpha value is -0.860. The number of ketones is 1. The van der Waals surface area contributed by atoms with Crippen molar-refractivity contribution >= 4 is 12.0 Å². The second-order valence-electron chi connectivity index (χ2n) is 3.33. The molecule has 1 aliphatic rings. The molecule has 1 aliphatic carbocycles. The zero-order chi connectivity index (χ0) is 8.81. The minimum atomic E-state index is -0.00157. The van der Waals surface area contributed by atoms with Gasteiger partial charge in [-0.25, -0.2) is 0 Å². The minimum absolute atomic E-state index is 0.00157. The van der Waals surface area contributed by atoms with Gasteiger partial charge in [0, 0.05) is 13.0 Å². The maximum Gasteiger partial charge on any atom is 0.172 e. The van der Waals surface area contributed by atoms with Crippen molar-refractivity contribution in [3.05, 3.63) is 0 Å². The summed E-state index contributed by atoms with van der Waals surface area (Å²) in [5.74, 6) is -0.00157. The summed E-state index contributed by atoms with van der Waals surface area (Å²) in [4.78, 5) is 10.5. The Bertz CT molecular complexity index is 171. The van der Waals surface area contributed by atoms with Gasteiger partial charge in [0.1, 0.15) is 0 Å². The van der Waals surface area contributed by atoms with Gasteiger partial charge in [-0.1, -0.05) is 19.3 Å². The van der Waals surface area contributed by atoms with E-state index < -0.39 is 0 Å². The largest absolute Gasteiger partial charge is 0.307 e. The molecule has 68 valence electrons.